The fourth-order valence-corrected chi connectivity index (χ4v) is 1.31. The molecule has 0 atom stereocenters. The highest BCUT2D eigenvalue weighted by atomic mass is 19.1. The third kappa shape index (κ3) is 2.42. The lowest BCUT2D eigenvalue weighted by atomic mass is 10.3. The molecule has 8 heteroatoms. The first-order valence-corrected chi connectivity index (χ1v) is 4.97. The van der Waals surface area contributed by atoms with Gasteiger partial charge in [0, 0.05) is 19.2 Å². The fraction of sp³-hybridized carbons (Fsp3) is 0.200. The van der Waals surface area contributed by atoms with Crippen molar-refractivity contribution < 1.29 is 14.1 Å². The molecule has 0 saturated heterocycles. The number of nitro benzene ring substituents is 1. The van der Waals surface area contributed by atoms with E-state index in [1.54, 1.807) is 11.6 Å². The number of hydrogen-bond donors (Lipinski definition) is 0. The van der Waals surface area contributed by atoms with E-state index in [2.05, 4.69) is 10.2 Å². The molecule has 18 heavy (non-hydrogen) atoms. The molecule has 0 saturated carbocycles. The highest BCUT2D eigenvalue weighted by molar-refractivity contribution is 5.37. The first kappa shape index (κ1) is 12.0. The van der Waals surface area contributed by atoms with Crippen molar-refractivity contribution in [3.05, 3.63) is 46.3 Å². The van der Waals surface area contributed by atoms with E-state index < -0.39 is 16.4 Å². The predicted octanol–water partition coefficient (Wildman–Crippen LogP) is 1.44. The van der Waals surface area contributed by atoms with Crippen LogP contribution in [0.1, 0.15) is 5.82 Å². The number of benzene rings is 1. The molecule has 0 aliphatic carbocycles. The summed E-state index contributed by atoms with van der Waals surface area (Å²) in [5, 5.41) is 17.9. The zero-order valence-electron chi connectivity index (χ0n) is 9.41. The minimum Gasteiger partial charge on any atom is -0.485 e. The Morgan fingerprint density at radius 1 is 1.56 bits per heavy atom. The first-order chi connectivity index (χ1) is 8.58. The monoisotopic (exact) mass is 252 g/mol. The number of hydrogen-bond acceptors (Lipinski definition) is 5. The summed E-state index contributed by atoms with van der Waals surface area (Å²) < 4.78 is 20.2. The highest BCUT2D eigenvalue weighted by Crippen LogP contribution is 2.22. The third-order valence-corrected chi connectivity index (χ3v) is 2.29. The van der Waals surface area contributed by atoms with Gasteiger partial charge in [0.15, 0.2) is 5.82 Å². The molecule has 0 N–H and O–H groups in total. The van der Waals surface area contributed by atoms with Crippen molar-refractivity contribution in [1.29, 1.82) is 0 Å². The summed E-state index contributed by atoms with van der Waals surface area (Å²) >= 11 is 0. The molecular weight excluding hydrogens is 243 g/mol. The standard InChI is InChI=1S/C10H9FN4O3/c1-14-6-12-13-10(14)5-18-7-2-3-9(15(16)17)8(11)4-7/h2-4,6H,5H2,1H3. The van der Waals surface area contributed by atoms with Gasteiger partial charge in [-0.2, -0.15) is 4.39 Å². The second-order valence-electron chi connectivity index (χ2n) is 3.52. The molecule has 0 unspecified atom stereocenters. The molecule has 1 aromatic carbocycles. The number of aromatic nitrogens is 3. The van der Waals surface area contributed by atoms with Crippen molar-refractivity contribution in [3.8, 4) is 5.75 Å². The Kier molecular flexibility index (Phi) is 3.18. The van der Waals surface area contributed by atoms with Gasteiger partial charge in [0.1, 0.15) is 18.7 Å². The Morgan fingerprint density at radius 2 is 2.33 bits per heavy atom. The van der Waals surface area contributed by atoms with Crippen LogP contribution >= 0.6 is 0 Å². The van der Waals surface area contributed by atoms with Crippen LogP contribution in [-0.2, 0) is 13.7 Å². The van der Waals surface area contributed by atoms with Crippen LogP contribution in [0.2, 0.25) is 0 Å². The summed E-state index contributed by atoms with van der Waals surface area (Å²) in [5.74, 6) is -0.176. The SMILES string of the molecule is Cn1cnnc1COc1ccc([N+](=O)[O-])c(F)c1. The van der Waals surface area contributed by atoms with Crippen LogP contribution in [0.25, 0.3) is 0 Å². The first-order valence-electron chi connectivity index (χ1n) is 4.97. The van der Waals surface area contributed by atoms with Crippen molar-refractivity contribution in [3.63, 3.8) is 0 Å². The molecule has 0 radical (unpaired) electrons. The van der Waals surface area contributed by atoms with Crippen molar-refractivity contribution in [2.45, 2.75) is 6.61 Å². The van der Waals surface area contributed by atoms with Gasteiger partial charge in [-0.25, -0.2) is 0 Å². The van der Waals surface area contributed by atoms with E-state index >= 15 is 0 Å². The maximum Gasteiger partial charge on any atom is 0.305 e. The van der Waals surface area contributed by atoms with E-state index in [0.717, 1.165) is 12.1 Å². The van der Waals surface area contributed by atoms with Gasteiger partial charge in [-0.05, 0) is 6.07 Å². The topological polar surface area (TPSA) is 83.1 Å². The minimum atomic E-state index is -0.935. The molecule has 0 aliphatic rings. The Morgan fingerprint density at radius 3 is 2.89 bits per heavy atom. The quantitative estimate of drug-likeness (QED) is 0.607. The van der Waals surface area contributed by atoms with Gasteiger partial charge in [-0.1, -0.05) is 0 Å². The summed E-state index contributed by atoms with van der Waals surface area (Å²) in [6.07, 6.45) is 1.51. The number of ether oxygens (including phenoxy) is 1. The average Bonchev–Trinajstić information content (AvgIpc) is 2.72. The normalized spacial score (nSPS) is 10.3. The Bertz CT molecular complexity index is 584. The number of halogens is 1. The van der Waals surface area contributed by atoms with Crippen LogP contribution in [0.4, 0.5) is 10.1 Å². The number of nitro groups is 1. The van der Waals surface area contributed by atoms with Crippen molar-refractivity contribution in [1.82, 2.24) is 14.8 Å². The fourth-order valence-electron chi connectivity index (χ4n) is 1.31. The molecule has 7 nitrogen and oxygen atoms in total. The van der Waals surface area contributed by atoms with Crippen LogP contribution < -0.4 is 4.74 Å². The van der Waals surface area contributed by atoms with E-state index in [9.17, 15) is 14.5 Å². The lowest BCUT2D eigenvalue weighted by molar-refractivity contribution is -0.387. The molecule has 0 spiro atoms. The van der Waals surface area contributed by atoms with E-state index in [0.29, 0.717) is 5.82 Å². The summed E-state index contributed by atoms with van der Waals surface area (Å²) in [6, 6.07) is 3.35. The number of rotatable bonds is 4. The van der Waals surface area contributed by atoms with E-state index in [-0.39, 0.29) is 12.4 Å². The number of aryl methyl sites for hydroxylation is 1. The third-order valence-electron chi connectivity index (χ3n) is 2.29. The molecule has 0 bridgehead atoms. The molecule has 0 fully saturated rings. The molecule has 2 aromatic rings. The highest BCUT2D eigenvalue weighted by Gasteiger charge is 2.14. The van der Waals surface area contributed by atoms with Gasteiger partial charge in [-0.15, -0.1) is 10.2 Å². The Labute approximate surface area is 101 Å². The van der Waals surface area contributed by atoms with Gasteiger partial charge < -0.3 is 9.30 Å². The Balaban J connectivity index is 2.09. The molecule has 0 amide bonds. The van der Waals surface area contributed by atoms with E-state index in [1.165, 1.54) is 12.4 Å². The molecule has 1 heterocycles. The zero-order valence-corrected chi connectivity index (χ0v) is 9.41. The van der Waals surface area contributed by atoms with Crippen molar-refractivity contribution in [2.75, 3.05) is 0 Å². The summed E-state index contributed by atoms with van der Waals surface area (Å²) in [5.41, 5.74) is -0.582. The summed E-state index contributed by atoms with van der Waals surface area (Å²) in [7, 11) is 1.75. The van der Waals surface area contributed by atoms with Crippen LogP contribution in [0.5, 0.6) is 5.75 Å². The second-order valence-corrected chi connectivity index (χ2v) is 3.52. The average molecular weight is 252 g/mol. The zero-order chi connectivity index (χ0) is 13.1. The van der Waals surface area contributed by atoms with Gasteiger partial charge in [0.05, 0.1) is 4.92 Å². The predicted molar refractivity (Wildman–Crippen MR) is 58.4 cm³/mol. The van der Waals surface area contributed by atoms with Gasteiger partial charge in [0.25, 0.3) is 0 Å². The van der Waals surface area contributed by atoms with E-state index in [4.69, 9.17) is 4.74 Å². The Hall–Kier alpha value is -2.51. The molecular formula is C10H9FN4O3. The summed E-state index contributed by atoms with van der Waals surface area (Å²) in [6.45, 7) is 0.105. The van der Waals surface area contributed by atoms with Crippen molar-refractivity contribution >= 4 is 5.69 Å². The van der Waals surface area contributed by atoms with E-state index in [1.807, 2.05) is 0 Å². The molecule has 1 aromatic heterocycles. The lowest BCUT2D eigenvalue weighted by Crippen LogP contribution is -2.03. The van der Waals surface area contributed by atoms with Crippen LogP contribution in [-0.4, -0.2) is 19.7 Å². The number of nitrogens with zero attached hydrogens (tertiary/aromatic N) is 4. The van der Waals surface area contributed by atoms with Gasteiger partial charge in [-0.3, -0.25) is 10.1 Å². The molecule has 2 rings (SSSR count). The lowest BCUT2D eigenvalue weighted by Gasteiger charge is -2.05. The van der Waals surface area contributed by atoms with Crippen LogP contribution in [0, 0.1) is 15.9 Å². The van der Waals surface area contributed by atoms with Gasteiger partial charge in [0.2, 0.25) is 5.82 Å². The maximum absolute atomic E-state index is 13.3. The summed E-state index contributed by atoms with van der Waals surface area (Å²) in [4.78, 5) is 9.64. The van der Waals surface area contributed by atoms with Gasteiger partial charge >= 0.3 is 5.69 Å². The molecule has 94 valence electrons. The molecule has 0 aliphatic heterocycles. The second kappa shape index (κ2) is 4.78. The van der Waals surface area contributed by atoms with Crippen LogP contribution in [0.15, 0.2) is 24.5 Å². The maximum atomic E-state index is 13.3. The largest absolute Gasteiger partial charge is 0.485 e. The smallest absolute Gasteiger partial charge is 0.305 e. The minimum absolute atomic E-state index is 0.105. The van der Waals surface area contributed by atoms with Crippen LogP contribution in [0.3, 0.4) is 0 Å². The van der Waals surface area contributed by atoms with Crippen molar-refractivity contribution in [2.24, 2.45) is 7.05 Å².